The Morgan fingerprint density at radius 2 is 2.00 bits per heavy atom. The molecule has 2 amide bonds. The molecule has 2 saturated heterocycles. The third-order valence-electron chi connectivity index (χ3n) is 3.81. The molecule has 2 heterocycles. The van der Waals surface area contributed by atoms with Gasteiger partial charge in [0.1, 0.15) is 12.2 Å². The highest BCUT2D eigenvalue weighted by Gasteiger charge is 2.46. The number of amides is 2. The zero-order valence-electron chi connectivity index (χ0n) is 13.6. The number of rotatable bonds is 3. The molecule has 0 saturated carbocycles. The Morgan fingerprint density at radius 1 is 1.33 bits per heavy atom. The molecule has 21 heavy (non-hydrogen) atoms. The van der Waals surface area contributed by atoms with Crippen LogP contribution in [-0.2, 0) is 14.4 Å². The number of nitrogens with one attached hydrogen (secondary N) is 2. The van der Waals surface area contributed by atoms with Gasteiger partial charge in [-0.05, 0) is 24.2 Å². The lowest BCUT2D eigenvalue weighted by Gasteiger charge is -2.47. The minimum Gasteiger partial charge on any atom is -0.351 e. The van der Waals surface area contributed by atoms with Crippen LogP contribution in [0.2, 0.25) is 0 Å². The summed E-state index contributed by atoms with van der Waals surface area (Å²) in [6.07, 6.45) is 0.511. The highest BCUT2D eigenvalue weighted by molar-refractivity contribution is 5.91. The van der Waals surface area contributed by atoms with Gasteiger partial charge in [0.2, 0.25) is 5.91 Å². The Kier molecular flexibility index (Phi) is 4.58. The predicted octanol–water partition coefficient (Wildman–Crippen LogP) is 1.03. The van der Waals surface area contributed by atoms with Crippen LogP contribution in [0, 0.1) is 11.3 Å². The number of hydrogen-bond donors (Lipinski definition) is 2. The van der Waals surface area contributed by atoms with Crippen molar-refractivity contribution in [1.29, 1.82) is 0 Å². The maximum atomic E-state index is 12.7. The summed E-state index contributed by atoms with van der Waals surface area (Å²) in [7, 11) is 0. The Bertz CT molecular complexity index is 417. The molecule has 2 aliphatic heterocycles. The highest BCUT2D eigenvalue weighted by atomic mass is 16.7. The van der Waals surface area contributed by atoms with E-state index in [-0.39, 0.29) is 23.4 Å². The van der Waals surface area contributed by atoms with E-state index in [0.29, 0.717) is 25.3 Å². The van der Waals surface area contributed by atoms with Crippen molar-refractivity contribution in [3.05, 3.63) is 0 Å². The molecule has 0 bridgehead atoms. The number of carbonyl (C=O) groups excluding carboxylic acids is 2. The van der Waals surface area contributed by atoms with E-state index in [4.69, 9.17) is 4.84 Å². The van der Waals surface area contributed by atoms with Gasteiger partial charge in [0.25, 0.3) is 5.91 Å². The summed E-state index contributed by atoms with van der Waals surface area (Å²) in [5.41, 5.74) is 2.90. The largest absolute Gasteiger partial charge is 0.351 e. The fourth-order valence-corrected chi connectivity index (χ4v) is 2.89. The van der Waals surface area contributed by atoms with Crippen LogP contribution in [0.3, 0.4) is 0 Å². The first-order valence-corrected chi connectivity index (χ1v) is 7.70. The zero-order valence-corrected chi connectivity index (χ0v) is 13.6. The molecule has 0 aliphatic carbocycles. The van der Waals surface area contributed by atoms with Crippen LogP contribution in [0.5, 0.6) is 0 Å². The minimum atomic E-state index is -0.505. The molecule has 0 aromatic carbocycles. The summed E-state index contributed by atoms with van der Waals surface area (Å²) < 4.78 is 0. The first kappa shape index (κ1) is 16.2. The summed E-state index contributed by atoms with van der Waals surface area (Å²) in [5.74, 6) is 0.218. The van der Waals surface area contributed by atoms with Gasteiger partial charge in [-0.1, -0.05) is 34.6 Å². The number of hydroxylamine groups is 1. The van der Waals surface area contributed by atoms with Crippen molar-refractivity contribution in [2.75, 3.05) is 6.54 Å². The van der Waals surface area contributed by atoms with Crippen LogP contribution in [-0.4, -0.2) is 41.6 Å². The van der Waals surface area contributed by atoms with Crippen molar-refractivity contribution < 1.29 is 14.4 Å². The Balaban J connectivity index is 2.19. The Hall–Kier alpha value is -1.14. The second-order valence-corrected chi connectivity index (χ2v) is 7.64. The van der Waals surface area contributed by atoms with Crippen LogP contribution in [0.15, 0.2) is 0 Å². The van der Waals surface area contributed by atoms with Gasteiger partial charge in [0, 0.05) is 0 Å². The van der Waals surface area contributed by atoms with Gasteiger partial charge in [-0.3, -0.25) is 14.4 Å². The van der Waals surface area contributed by atoms with Gasteiger partial charge in [-0.15, -0.1) is 0 Å². The van der Waals surface area contributed by atoms with Crippen molar-refractivity contribution in [3.8, 4) is 0 Å². The summed E-state index contributed by atoms with van der Waals surface area (Å²) in [6, 6.07) is -0.428. The summed E-state index contributed by atoms with van der Waals surface area (Å²) in [4.78, 5) is 32.1. The second-order valence-electron chi connectivity index (χ2n) is 7.64. The van der Waals surface area contributed by atoms with E-state index in [1.54, 1.807) is 4.90 Å². The lowest BCUT2D eigenvalue weighted by molar-refractivity contribution is -0.192. The topological polar surface area (TPSA) is 70.7 Å². The average Bonchev–Trinajstić information content (AvgIpc) is 2.34. The van der Waals surface area contributed by atoms with Gasteiger partial charge in [-0.25, -0.2) is 0 Å². The molecule has 3 atom stereocenters. The Labute approximate surface area is 126 Å². The van der Waals surface area contributed by atoms with Crippen molar-refractivity contribution >= 4 is 11.8 Å². The van der Waals surface area contributed by atoms with Gasteiger partial charge in [-0.2, -0.15) is 5.48 Å². The molecular weight excluding hydrogens is 270 g/mol. The molecular formula is C15H27N3O3. The fourth-order valence-electron chi connectivity index (χ4n) is 2.89. The standard InChI is InChI=1S/C15H27N3O3/c1-9(2)6-11-14(20)18-10(7-15(3,4)5)13(19)16-8-12(18)17-21-11/h9-12,17H,6-8H2,1-5H3,(H,16,19). The normalized spacial score (nSPS) is 30.4. The molecule has 6 heteroatoms. The van der Waals surface area contributed by atoms with Crippen LogP contribution >= 0.6 is 0 Å². The Morgan fingerprint density at radius 3 is 2.57 bits per heavy atom. The molecule has 3 unspecified atom stereocenters. The lowest BCUT2D eigenvalue weighted by atomic mass is 9.86. The van der Waals surface area contributed by atoms with Gasteiger partial charge < -0.3 is 10.2 Å². The maximum absolute atomic E-state index is 12.7. The highest BCUT2D eigenvalue weighted by Crippen LogP contribution is 2.29. The number of piperazine rings is 1. The van der Waals surface area contributed by atoms with Crippen molar-refractivity contribution in [3.63, 3.8) is 0 Å². The summed E-state index contributed by atoms with van der Waals surface area (Å²) >= 11 is 0. The van der Waals surface area contributed by atoms with E-state index < -0.39 is 12.1 Å². The molecule has 0 radical (unpaired) electrons. The number of hydrogen-bond acceptors (Lipinski definition) is 4. The predicted molar refractivity (Wildman–Crippen MR) is 79.0 cm³/mol. The molecule has 2 N–H and O–H groups in total. The van der Waals surface area contributed by atoms with Crippen molar-refractivity contribution in [1.82, 2.24) is 15.7 Å². The molecule has 0 spiro atoms. The molecule has 2 aliphatic rings. The molecule has 2 fully saturated rings. The summed E-state index contributed by atoms with van der Waals surface area (Å²) in [5, 5.41) is 2.85. The van der Waals surface area contributed by atoms with Gasteiger partial charge in [0.15, 0.2) is 6.10 Å². The SMILES string of the molecule is CC(C)CC1ONC2CNC(=O)C(CC(C)(C)C)N2C1=O. The molecule has 0 aromatic rings. The second kappa shape index (κ2) is 5.93. The van der Waals surface area contributed by atoms with E-state index in [2.05, 4.69) is 45.4 Å². The maximum Gasteiger partial charge on any atom is 0.255 e. The van der Waals surface area contributed by atoms with Crippen LogP contribution < -0.4 is 10.8 Å². The number of fused-ring (bicyclic) bond motifs is 1. The van der Waals surface area contributed by atoms with E-state index in [0.717, 1.165) is 0 Å². The molecule has 2 rings (SSSR count). The lowest BCUT2D eigenvalue weighted by Crippen LogP contribution is -2.71. The summed E-state index contributed by atoms with van der Waals surface area (Å²) in [6.45, 7) is 10.7. The third kappa shape index (κ3) is 3.74. The fraction of sp³-hybridized carbons (Fsp3) is 0.867. The quantitative estimate of drug-likeness (QED) is 0.816. The van der Waals surface area contributed by atoms with Crippen molar-refractivity contribution in [2.24, 2.45) is 11.3 Å². The van der Waals surface area contributed by atoms with E-state index in [1.165, 1.54) is 0 Å². The monoisotopic (exact) mass is 297 g/mol. The van der Waals surface area contributed by atoms with Crippen molar-refractivity contribution in [2.45, 2.75) is 65.8 Å². The molecule has 120 valence electrons. The molecule has 0 aromatic heterocycles. The first-order valence-electron chi connectivity index (χ1n) is 7.70. The first-order chi connectivity index (χ1) is 9.69. The molecule has 6 nitrogen and oxygen atoms in total. The zero-order chi connectivity index (χ0) is 15.8. The number of carbonyl (C=O) groups is 2. The van der Waals surface area contributed by atoms with E-state index in [9.17, 15) is 9.59 Å². The average molecular weight is 297 g/mol. The third-order valence-corrected chi connectivity index (χ3v) is 3.81. The number of nitrogens with zero attached hydrogens (tertiary/aromatic N) is 1. The smallest absolute Gasteiger partial charge is 0.255 e. The van der Waals surface area contributed by atoms with Crippen LogP contribution in [0.1, 0.15) is 47.5 Å². The minimum absolute atomic E-state index is 0.0317. The van der Waals surface area contributed by atoms with Gasteiger partial charge >= 0.3 is 0 Å². The van der Waals surface area contributed by atoms with Crippen LogP contribution in [0.4, 0.5) is 0 Å². The van der Waals surface area contributed by atoms with E-state index >= 15 is 0 Å². The van der Waals surface area contributed by atoms with Gasteiger partial charge in [0.05, 0.1) is 6.54 Å². The van der Waals surface area contributed by atoms with E-state index in [1.807, 2.05) is 0 Å². The van der Waals surface area contributed by atoms with Crippen LogP contribution in [0.25, 0.3) is 0 Å².